The number of fused-ring (bicyclic) bond motifs is 1. The standard InChI is InChI=1S/C45H63N5O7/c1-6-7-18-33(38(52)40(54)46-25-34(51)57-44(4,5)31-16-12-9-13-17-31)47-39(53)37-35-32(43(35,2)3)26-50(37)41(55)36(30-14-10-8-11-15-30)48-42(56)49-45-22-27-19-28(23-45)21-29(20-27)24-45/h6,9,12-13,16-17,27-30,32-33,35-37H,1,7-8,10-11,14-15,18-26H2,2-5H3,(H,46,54)(H,47,53)(H2,48,49,56)/t27?,28?,29?,32-,33?,35-,36-,37-,45?/m0/s1. The van der Waals surface area contributed by atoms with Crippen LogP contribution in [0.3, 0.4) is 0 Å². The number of ether oxygens (including phenoxy) is 1. The van der Waals surface area contributed by atoms with Crippen LogP contribution in [0.1, 0.15) is 117 Å². The number of piperidine rings is 1. The number of carbonyl (C=O) groups excluding carboxylic acids is 6. The summed E-state index contributed by atoms with van der Waals surface area (Å²) < 4.78 is 5.61. The third kappa shape index (κ3) is 8.65. The highest BCUT2D eigenvalue weighted by atomic mass is 16.6. The molecular weight excluding hydrogens is 723 g/mol. The van der Waals surface area contributed by atoms with Gasteiger partial charge in [-0.05, 0) is 125 Å². The van der Waals surface area contributed by atoms with Gasteiger partial charge in [0.05, 0.1) is 6.04 Å². The molecule has 1 heterocycles. The number of Topliss-reactive ketones (excluding diaryl/α,β-unsaturated/α-hetero) is 1. The molecule has 12 heteroatoms. The molecule has 1 aromatic carbocycles. The Kier molecular flexibility index (Phi) is 11.6. The van der Waals surface area contributed by atoms with Gasteiger partial charge in [0, 0.05) is 12.1 Å². The van der Waals surface area contributed by atoms with Crippen molar-refractivity contribution >= 4 is 35.5 Å². The molecule has 57 heavy (non-hydrogen) atoms. The van der Waals surface area contributed by atoms with E-state index >= 15 is 0 Å². The lowest BCUT2D eigenvalue weighted by Crippen LogP contribution is -2.64. The summed E-state index contributed by atoms with van der Waals surface area (Å²) in [5.74, 6) is -1.50. The van der Waals surface area contributed by atoms with Gasteiger partial charge in [-0.2, -0.15) is 0 Å². The molecule has 7 aliphatic rings. The summed E-state index contributed by atoms with van der Waals surface area (Å²) in [5.41, 5.74) is -0.598. The summed E-state index contributed by atoms with van der Waals surface area (Å²) in [5, 5.41) is 11.8. The predicted octanol–water partition coefficient (Wildman–Crippen LogP) is 5.30. The smallest absolute Gasteiger partial charge is 0.326 e. The van der Waals surface area contributed by atoms with Crippen molar-refractivity contribution in [2.75, 3.05) is 13.1 Å². The summed E-state index contributed by atoms with van der Waals surface area (Å²) in [6, 6.07) is 6.06. The van der Waals surface area contributed by atoms with E-state index in [1.54, 1.807) is 24.8 Å². The molecule has 6 saturated carbocycles. The monoisotopic (exact) mass is 785 g/mol. The number of hydrogen-bond donors (Lipinski definition) is 4. The van der Waals surface area contributed by atoms with E-state index in [2.05, 4.69) is 41.7 Å². The number of rotatable bonds is 15. The molecule has 5 amide bonds. The quantitative estimate of drug-likeness (QED) is 0.107. The number of ketones is 1. The molecule has 4 bridgehead atoms. The van der Waals surface area contributed by atoms with E-state index in [1.807, 2.05) is 30.3 Å². The molecule has 1 aromatic rings. The molecule has 8 rings (SSSR count). The molecular formula is C45H63N5O7. The predicted molar refractivity (Wildman–Crippen MR) is 214 cm³/mol. The lowest BCUT2D eigenvalue weighted by Gasteiger charge is -2.56. The maximum Gasteiger partial charge on any atom is 0.326 e. The zero-order valence-corrected chi connectivity index (χ0v) is 34.3. The summed E-state index contributed by atoms with van der Waals surface area (Å²) in [7, 11) is 0. The number of benzene rings is 1. The summed E-state index contributed by atoms with van der Waals surface area (Å²) in [4.78, 5) is 84.3. The van der Waals surface area contributed by atoms with Crippen LogP contribution >= 0.6 is 0 Å². The fraction of sp³-hybridized carbons (Fsp3) is 0.689. The van der Waals surface area contributed by atoms with Crippen LogP contribution in [0, 0.1) is 40.9 Å². The molecule has 7 fully saturated rings. The Morgan fingerprint density at radius 1 is 0.930 bits per heavy atom. The summed E-state index contributed by atoms with van der Waals surface area (Å²) in [6.07, 6.45) is 13.5. The normalized spacial score (nSPS) is 30.6. The molecule has 0 aromatic heterocycles. The van der Waals surface area contributed by atoms with Crippen LogP contribution < -0.4 is 21.3 Å². The fourth-order valence-electron chi connectivity index (χ4n) is 11.9. The van der Waals surface area contributed by atoms with Gasteiger partial charge in [-0.1, -0.05) is 69.5 Å². The average Bonchev–Trinajstić information content (AvgIpc) is 3.46. The Morgan fingerprint density at radius 3 is 2.18 bits per heavy atom. The van der Waals surface area contributed by atoms with Crippen LogP contribution in [-0.4, -0.2) is 77.2 Å². The van der Waals surface area contributed by atoms with Crippen LogP contribution in [-0.2, 0) is 34.3 Å². The number of allylic oxidation sites excluding steroid dienone is 1. The van der Waals surface area contributed by atoms with Crippen molar-refractivity contribution in [2.45, 2.75) is 140 Å². The van der Waals surface area contributed by atoms with E-state index in [9.17, 15) is 28.8 Å². The van der Waals surface area contributed by atoms with E-state index in [4.69, 9.17) is 4.74 Å². The number of nitrogens with one attached hydrogen (secondary N) is 4. The number of amides is 5. The largest absolute Gasteiger partial charge is 0.453 e. The van der Waals surface area contributed by atoms with Gasteiger partial charge in [-0.15, -0.1) is 6.58 Å². The second kappa shape index (κ2) is 16.2. The van der Waals surface area contributed by atoms with Crippen LogP contribution in [0.2, 0.25) is 0 Å². The van der Waals surface area contributed by atoms with Crippen LogP contribution in [0.4, 0.5) is 4.79 Å². The SMILES string of the molecule is C=CCCC(NC(=O)[C@@H]1[C@@H]2[C@H](CN1C(=O)[C@@H](NC(=O)NC13CC4CC(CC(C4)C1)C3)C1CCCCC1)C2(C)C)C(=O)C(=O)NCC(=O)OC(C)(C)c1ccccc1. The Bertz CT molecular complexity index is 1700. The second-order valence-corrected chi connectivity index (χ2v) is 19.4. The molecule has 1 unspecified atom stereocenters. The summed E-state index contributed by atoms with van der Waals surface area (Å²) in [6.45, 7) is 11.3. The van der Waals surface area contributed by atoms with Crippen molar-refractivity contribution < 1.29 is 33.5 Å². The Balaban J connectivity index is 1.02. The molecule has 6 aliphatic carbocycles. The van der Waals surface area contributed by atoms with E-state index in [0.717, 1.165) is 56.9 Å². The first-order valence-corrected chi connectivity index (χ1v) is 21.5. The van der Waals surface area contributed by atoms with Gasteiger partial charge in [0.25, 0.3) is 5.91 Å². The maximum absolute atomic E-state index is 14.8. The zero-order valence-electron chi connectivity index (χ0n) is 34.3. The minimum atomic E-state index is -1.21. The Labute approximate surface area is 337 Å². The maximum atomic E-state index is 14.8. The Hall–Kier alpha value is -4.22. The highest BCUT2D eigenvalue weighted by Gasteiger charge is 2.70. The van der Waals surface area contributed by atoms with Crippen LogP contribution in [0.15, 0.2) is 43.0 Å². The van der Waals surface area contributed by atoms with E-state index in [1.165, 1.54) is 19.3 Å². The molecule has 0 spiro atoms. The highest BCUT2D eigenvalue weighted by Crippen LogP contribution is 2.65. The molecule has 4 N–H and O–H groups in total. The zero-order chi connectivity index (χ0) is 40.7. The van der Waals surface area contributed by atoms with Crippen molar-refractivity contribution in [3.63, 3.8) is 0 Å². The molecule has 1 saturated heterocycles. The number of hydrogen-bond acceptors (Lipinski definition) is 7. The third-order valence-corrected chi connectivity index (χ3v) is 14.6. The van der Waals surface area contributed by atoms with Gasteiger partial charge < -0.3 is 30.9 Å². The van der Waals surface area contributed by atoms with E-state index in [-0.39, 0.29) is 47.1 Å². The van der Waals surface area contributed by atoms with Gasteiger partial charge in [0.2, 0.25) is 17.6 Å². The number of likely N-dealkylation sites (tertiary alicyclic amines) is 1. The molecule has 5 atom stereocenters. The minimum Gasteiger partial charge on any atom is -0.453 e. The first-order chi connectivity index (χ1) is 27.1. The lowest BCUT2D eigenvalue weighted by atomic mass is 9.53. The van der Waals surface area contributed by atoms with E-state index < -0.39 is 53.8 Å². The number of urea groups is 1. The van der Waals surface area contributed by atoms with Crippen molar-refractivity contribution in [3.05, 3.63) is 48.6 Å². The van der Waals surface area contributed by atoms with Gasteiger partial charge in [0.15, 0.2) is 0 Å². The van der Waals surface area contributed by atoms with Crippen LogP contribution in [0.5, 0.6) is 0 Å². The average molecular weight is 786 g/mol. The second-order valence-electron chi connectivity index (χ2n) is 19.4. The minimum absolute atomic E-state index is 0.0439. The van der Waals surface area contributed by atoms with Crippen molar-refractivity contribution in [2.24, 2.45) is 40.9 Å². The third-order valence-electron chi connectivity index (χ3n) is 14.6. The molecule has 0 radical (unpaired) electrons. The van der Waals surface area contributed by atoms with Gasteiger partial charge >= 0.3 is 12.0 Å². The first-order valence-electron chi connectivity index (χ1n) is 21.5. The number of esters is 1. The Morgan fingerprint density at radius 2 is 1.56 bits per heavy atom. The van der Waals surface area contributed by atoms with E-state index in [0.29, 0.717) is 30.7 Å². The fourth-order valence-corrected chi connectivity index (χ4v) is 11.9. The molecule has 1 aliphatic heterocycles. The van der Waals surface area contributed by atoms with Gasteiger partial charge in [-0.3, -0.25) is 24.0 Å². The number of carbonyl (C=O) groups is 6. The van der Waals surface area contributed by atoms with Crippen molar-refractivity contribution in [3.8, 4) is 0 Å². The topological polar surface area (TPSA) is 163 Å². The molecule has 12 nitrogen and oxygen atoms in total. The van der Waals surface area contributed by atoms with Crippen LogP contribution in [0.25, 0.3) is 0 Å². The van der Waals surface area contributed by atoms with Crippen molar-refractivity contribution in [1.82, 2.24) is 26.2 Å². The summed E-state index contributed by atoms with van der Waals surface area (Å²) >= 11 is 0. The molecule has 310 valence electrons. The number of nitrogens with zero attached hydrogens (tertiary/aromatic N) is 1. The van der Waals surface area contributed by atoms with Crippen molar-refractivity contribution in [1.29, 1.82) is 0 Å². The lowest BCUT2D eigenvalue weighted by molar-refractivity contribution is -0.157. The van der Waals surface area contributed by atoms with Gasteiger partial charge in [-0.25, -0.2) is 4.79 Å². The first kappa shape index (κ1) is 41.0. The highest BCUT2D eigenvalue weighted by molar-refractivity contribution is 6.38. The van der Waals surface area contributed by atoms with Gasteiger partial charge in [0.1, 0.15) is 24.2 Å².